The minimum absolute atomic E-state index is 0.0750. The van der Waals surface area contributed by atoms with Crippen LogP contribution in [0.2, 0.25) is 0 Å². The molecule has 0 heterocycles. The Labute approximate surface area is 169 Å². The van der Waals surface area contributed by atoms with E-state index in [-0.39, 0.29) is 25.0 Å². The van der Waals surface area contributed by atoms with Crippen LogP contribution in [0.5, 0.6) is 0 Å². The van der Waals surface area contributed by atoms with E-state index in [1.165, 1.54) is 0 Å². The van der Waals surface area contributed by atoms with E-state index in [2.05, 4.69) is 5.32 Å². The first-order valence-electron chi connectivity index (χ1n) is 8.64. The van der Waals surface area contributed by atoms with Gasteiger partial charge in [0.15, 0.2) is 0 Å². The maximum Gasteiger partial charge on any atom is 0.416 e. The molecule has 0 aliphatic heterocycles. The Balaban J connectivity index is 2.24. The summed E-state index contributed by atoms with van der Waals surface area (Å²) in [7, 11) is -4.53. The van der Waals surface area contributed by atoms with Gasteiger partial charge in [-0.2, -0.15) is 13.2 Å². The monoisotopic (exact) mass is 451 g/mol. The van der Waals surface area contributed by atoms with Crippen molar-refractivity contribution in [3.8, 4) is 0 Å². The van der Waals surface area contributed by atoms with E-state index in [4.69, 9.17) is 5.73 Å². The Morgan fingerprint density at radius 3 is 2.50 bits per heavy atom. The van der Waals surface area contributed by atoms with Gasteiger partial charge in [-0.3, -0.25) is 9.59 Å². The van der Waals surface area contributed by atoms with Crippen LogP contribution in [0, 0.1) is 0 Å². The molecular formula is C17H20F3N3O6S. The van der Waals surface area contributed by atoms with Gasteiger partial charge in [0.05, 0.1) is 22.6 Å². The topological polar surface area (TPSA) is 159 Å². The highest BCUT2D eigenvalue weighted by Crippen LogP contribution is 2.30. The van der Waals surface area contributed by atoms with Crippen LogP contribution in [0.4, 0.5) is 13.2 Å². The average Bonchev–Trinajstić information content (AvgIpc) is 2.64. The van der Waals surface area contributed by atoms with Crippen LogP contribution >= 0.6 is 0 Å². The number of hydrogen-bond acceptors (Lipinski definition) is 6. The van der Waals surface area contributed by atoms with E-state index >= 15 is 0 Å². The van der Waals surface area contributed by atoms with Gasteiger partial charge >= 0.3 is 6.18 Å². The first-order valence-corrected chi connectivity index (χ1v) is 10.1. The minimum Gasteiger partial charge on any atom is -0.390 e. The SMILES string of the molecule is NC(=O)CCNC(=O)C1=C[C@H](NS(=O)(=O)c2cccc(C(F)(F)F)c2)[C@@H](O)[C@H](O)C1. The molecule has 1 aromatic rings. The molecule has 1 aliphatic carbocycles. The number of primary amides is 1. The highest BCUT2D eigenvalue weighted by atomic mass is 32.2. The fourth-order valence-electron chi connectivity index (χ4n) is 2.74. The maximum atomic E-state index is 12.8. The van der Waals surface area contributed by atoms with Crippen LogP contribution < -0.4 is 15.8 Å². The smallest absolute Gasteiger partial charge is 0.390 e. The molecule has 3 atom stereocenters. The number of benzene rings is 1. The second kappa shape index (κ2) is 9.12. The number of sulfonamides is 1. The molecule has 0 saturated carbocycles. The molecule has 166 valence electrons. The summed E-state index contributed by atoms with van der Waals surface area (Å²) in [6.45, 7) is -0.0925. The standard InChI is InChI=1S/C17H20F3N3O6S/c18-17(19,20)10-2-1-3-11(8-10)30(28,29)23-12-6-9(7-13(24)15(12)26)16(27)22-5-4-14(21)25/h1-3,6,8,12-13,15,23-24,26H,4-5,7H2,(H2,21,25)(H,22,27)/t12-,13+,15+/m0/s1. The van der Waals surface area contributed by atoms with Crippen molar-refractivity contribution in [3.05, 3.63) is 41.5 Å². The first-order chi connectivity index (χ1) is 13.8. The lowest BCUT2D eigenvalue weighted by molar-refractivity contribution is -0.137. The number of carbonyl (C=O) groups excluding carboxylic acids is 2. The lowest BCUT2D eigenvalue weighted by Crippen LogP contribution is -2.51. The van der Waals surface area contributed by atoms with Gasteiger partial charge in [-0.25, -0.2) is 13.1 Å². The molecule has 2 amide bonds. The maximum absolute atomic E-state index is 12.8. The first kappa shape index (κ1) is 23.8. The number of carbonyl (C=O) groups is 2. The van der Waals surface area contributed by atoms with Crippen LogP contribution in [0.15, 0.2) is 40.8 Å². The third-order valence-electron chi connectivity index (χ3n) is 4.28. The summed E-state index contributed by atoms with van der Waals surface area (Å²) in [5, 5.41) is 22.4. The number of hydrogen-bond donors (Lipinski definition) is 5. The number of alkyl halides is 3. The zero-order chi connectivity index (χ0) is 22.7. The van der Waals surface area contributed by atoms with E-state index in [0.29, 0.717) is 12.1 Å². The quantitative estimate of drug-likeness (QED) is 0.372. The van der Waals surface area contributed by atoms with E-state index in [0.717, 1.165) is 18.2 Å². The fourth-order valence-corrected chi connectivity index (χ4v) is 3.98. The van der Waals surface area contributed by atoms with E-state index < -0.39 is 56.7 Å². The molecule has 6 N–H and O–H groups in total. The number of halogens is 3. The van der Waals surface area contributed by atoms with Gasteiger partial charge in [-0.1, -0.05) is 12.1 Å². The number of aliphatic hydroxyl groups is 2. The van der Waals surface area contributed by atoms with Crippen molar-refractivity contribution in [1.29, 1.82) is 0 Å². The zero-order valence-corrected chi connectivity index (χ0v) is 16.2. The third kappa shape index (κ3) is 6.01. The van der Waals surface area contributed by atoms with Crippen LogP contribution in [-0.4, -0.2) is 55.2 Å². The lowest BCUT2D eigenvalue weighted by atomic mass is 9.90. The van der Waals surface area contributed by atoms with Crippen LogP contribution in [-0.2, 0) is 25.8 Å². The van der Waals surface area contributed by atoms with Gasteiger partial charge in [0, 0.05) is 25.0 Å². The molecule has 13 heteroatoms. The normalized spacial score (nSPS) is 22.3. The van der Waals surface area contributed by atoms with Gasteiger partial charge in [-0.05, 0) is 18.2 Å². The van der Waals surface area contributed by atoms with Gasteiger partial charge in [-0.15, -0.1) is 0 Å². The van der Waals surface area contributed by atoms with Crippen molar-refractivity contribution in [2.45, 2.75) is 42.2 Å². The summed E-state index contributed by atoms with van der Waals surface area (Å²) in [5.74, 6) is -1.37. The highest BCUT2D eigenvalue weighted by molar-refractivity contribution is 7.89. The molecule has 1 aromatic carbocycles. The van der Waals surface area contributed by atoms with Crippen LogP contribution in [0.1, 0.15) is 18.4 Å². The van der Waals surface area contributed by atoms with Crippen molar-refractivity contribution < 1.29 is 41.4 Å². The Hall–Kier alpha value is -2.48. The molecule has 0 radical (unpaired) electrons. The molecule has 0 bridgehead atoms. The molecule has 9 nitrogen and oxygen atoms in total. The van der Waals surface area contributed by atoms with Crippen molar-refractivity contribution in [1.82, 2.24) is 10.0 Å². The van der Waals surface area contributed by atoms with E-state index in [1.807, 2.05) is 4.72 Å². The van der Waals surface area contributed by atoms with Crippen molar-refractivity contribution in [2.24, 2.45) is 5.73 Å². The van der Waals surface area contributed by atoms with Crippen LogP contribution in [0.25, 0.3) is 0 Å². The largest absolute Gasteiger partial charge is 0.416 e. The summed E-state index contributed by atoms with van der Waals surface area (Å²) in [5.41, 5.74) is 3.70. The van der Waals surface area contributed by atoms with Crippen LogP contribution in [0.3, 0.4) is 0 Å². The summed E-state index contributed by atoms with van der Waals surface area (Å²) in [6, 6.07) is 1.49. The minimum atomic E-state index is -4.76. The molecule has 0 aromatic heterocycles. The summed E-state index contributed by atoms with van der Waals surface area (Å²) >= 11 is 0. The summed E-state index contributed by atoms with van der Waals surface area (Å²) in [6.07, 6.45) is -7.31. The molecule has 30 heavy (non-hydrogen) atoms. The van der Waals surface area contributed by atoms with Crippen molar-refractivity contribution >= 4 is 21.8 Å². The second-order valence-electron chi connectivity index (χ2n) is 6.60. The molecule has 0 spiro atoms. The van der Waals surface area contributed by atoms with Gasteiger partial charge in [0.2, 0.25) is 21.8 Å². The van der Waals surface area contributed by atoms with Gasteiger partial charge in [0.1, 0.15) is 6.10 Å². The Morgan fingerprint density at radius 2 is 1.90 bits per heavy atom. The fraction of sp³-hybridized carbons (Fsp3) is 0.412. The number of aliphatic hydroxyl groups excluding tert-OH is 2. The van der Waals surface area contributed by atoms with Gasteiger partial charge in [0.25, 0.3) is 0 Å². The Morgan fingerprint density at radius 1 is 1.23 bits per heavy atom. The van der Waals surface area contributed by atoms with E-state index in [9.17, 15) is 41.4 Å². The Bertz CT molecular complexity index is 948. The molecule has 1 aliphatic rings. The molecule has 0 unspecified atom stereocenters. The number of amides is 2. The van der Waals surface area contributed by atoms with Crippen molar-refractivity contribution in [3.63, 3.8) is 0 Å². The van der Waals surface area contributed by atoms with E-state index in [1.54, 1.807) is 0 Å². The molecule has 0 saturated heterocycles. The summed E-state index contributed by atoms with van der Waals surface area (Å²) < 4.78 is 65.5. The van der Waals surface area contributed by atoms with Gasteiger partial charge < -0.3 is 21.3 Å². The number of nitrogens with two attached hydrogens (primary N) is 1. The number of nitrogens with one attached hydrogen (secondary N) is 2. The van der Waals surface area contributed by atoms with Crippen molar-refractivity contribution in [2.75, 3.05) is 6.54 Å². The highest BCUT2D eigenvalue weighted by Gasteiger charge is 2.36. The average molecular weight is 451 g/mol. The zero-order valence-electron chi connectivity index (χ0n) is 15.4. The predicted octanol–water partition coefficient (Wildman–Crippen LogP) is -0.604. The predicted molar refractivity (Wildman–Crippen MR) is 97.1 cm³/mol. The number of rotatable bonds is 7. The molecule has 0 fully saturated rings. The Kier molecular flexibility index (Phi) is 7.23. The second-order valence-corrected chi connectivity index (χ2v) is 8.31. The summed E-state index contributed by atoms with van der Waals surface area (Å²) in [4.78, 5) is 22.2. The third-order valence-corrected chi connectivity index (χ3v) is 5.74. The molecule has 2 rings (SSSR count). The lowest BCUT2D eigenvalue weighted by Gasteiger charge is -2.30. The molecular weight excluding hydrogens is 431 g/mol.